The highest BCUT2D eigenvalue weighted by molar-refractivity contribution is 6.07. The summed E-state index contributed by atoms with van der Waals surface area (Å²) < 4.78 is 3.11. The van der Waals surface area contributed by atoms with Gasteiger partial charge in [-0.15, -0.1) is 5.10 Å². The minimum absolute atomic E-state index is 0.0532. The summed E-state index contributed by atoms with van der Waals surface area (Å²) in [5.41, 5.74) is 1.52. The number of nitro groups is 1. The number of aliphatic hydroxyl groups is 2. The van der Waals surface area contributed by atoms with Crippen molar-refractivity contribution in [2.75, 3.05) is 11.5 Å². The van der Waals surface area contributed by atoms with E-state index in [-0.39, 0.29) is 35.9 Å². The third-order valence-electron chi connectivity index (χ3n) is 9.47. The number of amides is 1. The van der Waals surface area contributed by atoms with Gasteiger partial charge in [0.25, 0.3) is 17.2 Å². The molecule has 0 bridgehead atoms. The molecule has 0 radical (unpaired) electrons. The van der Waals surface area contributed by atoms with E-state index in [4.69, 9.17) is 0 Å². The zero-order chi connectivity index (χ0) is 35.7. The van der Waals surface area contributed by atoms with Gasteiger partial charge in [-0.25, -0.2) is 4.68 Å². The number of para-hydroxylation sites is 1. The van der Waals surface area contributed by atoms with E-state index in [9.17, 15) is 29.9 Å². The van der Waals surface area contributed by atoms with E-state index in [1.165, 1.54) is 27.8 Å². The molecule has 0 saturated heterocycles. The predicted octanol–water partition coefficient (Wildman–Crippen LogP) is 4.96. The number of aryl methyl sites for hydroxylation is 1. The van der Waals surface area contributed by atoms with Crippen molar-refractivity contribution in [1.82, 2.24) is 24.8 Å². The van der Waals surface area contributed by atoms with E-state index in [0.717, 1.165) is 5.56 Å². The smallest absolute Gasteiger partial charge is 0.279 e. The van der Waals surface area contributed by atoms with Crippen molar-refractivity contribution < 1.29 is 19.9 Å². The fourth-order valence-corrected chi connectivity index (χ4v) is 6.71. The number of aliphatic hydroxyl groups excluding tert-OH is 1. The number of hydrogen-bond donors (Lipinski definition) is 3. The Kier molecular flexibility index (Phi) is 8.90. The number of hydrogen-bond acceptors (Lipinski definition) is 8. The molecule has 6 aromatic rings. The lowest BCUT2D eigenvalue weighted by Gasteiger charge is -2.27. The van der Waals surface area contributed by atoms with E-state index in [2.05, 4.69) is 15.4 Å². The van der Waals surface area contributed by atoms with Crippen LogP contribution in [0.25, 0.3) is 16.6 Å². The average Bonchev–Trinajstić information content (AvgIpc) is 3.81. The number of aromatic nitrogens is 5. The first-order chi connectivity index (χ1) is 24.7. The summed E-state index contributed by atoms with van der Waals surface area (Å²) in [5.74, 6) is -1.67. The van der Waals surface area contributed by atoms with E-state index < -0.39 is 22.3 Å². The summed E-state index contributed by atoms with van der Waals surface area (Å²) in [6.07, 6.45) is 5.85. The third kappa shape index (κ3) is 6.13. The number of aromatic amines is 1. The van der Waals surface area contributed by atoms with Crippen LogP contribution >= 0.6 is 0 Å². The monoisotopic (exact) mass is 685 g/mol. The molecule has 0 aliphatic carbocycles. The van der Waals surface area contributed by atoms with Crippen LogP contribution in [0.4, 0.5) is 11.4 Å². The van der Waals surface area contributed by atoms with Crippen LogP contribution in [0.5, 0.6) is 0 Å². The second-order valence-electron chi connectivity index (χ2n) is 12.6. The number of nitrogens with zero attached hydrogens (tertiary/aromatic N) is 6. The second kappa shape index (κ2) is 13.6. The minimum Gasteiger partial charge on any atom is -0.395 e. The van der Waals surface area contributed by atoms with Crippen LogP contribution < -0.4 is 10.5 Å². The largest absolute Gasteiger partial charge is 0.395 e. The summed E-state index contributed by atoms with van der Waals surface area (Å²) in [4.78, 5) is 39.9. The van der Waals surface area contributed by atoms with Gasteiger partial charge in [-0.05, 0) is 47.9 Å². The number of fused-ring (bicyclic) bond motifs is 2. The third-order valence-corrected chi connectivity index (χ3v) is 9.47. The normalized spacial score (nSPS) is 16.9. The minimum atomic E-state index is -2.08. The van der Waals surface area contributed by atoms with Gasteiger partial charge in [-0.1, -0.05) is 78.9 Å². The van der Waals surface area contributed by atoms with Crippen molar-refractivity contribution in [2.45, 2.75) is 38.0 Å². The molecule has 13 heteroatoms. The maximum absolute atomic E-state index is 14.2. The number of allylic oxidation sites excluding steroid dienone is 1. The molecule has 1 aliphatic heterocycles. The molecular formula is C38H35N7O6. The zero-order valence-corrected chi connectivity index (χ0v) is 27.7. The molecule has 51 heavy (non-hydrogen) atoms. The summed E-state index contributed by atoms with van der Waals surface area (Å²) in [5, 5.41) is 46.0. The van der Waals surface area contributed by atoms with Crippen molar-refractivity contribution in [3.8, 4) is 5.69 Å². The van der Waals surface area contributed by atoms with Crippen molar-refractivity contribution in [2.24, 2.45) is 5.92 Å². The fourth-order valence-electron chi connectivity index (χ4n) is 6.71. The SMILES string of the molecule is C[C@H](/C=C/CCn1cc(C(CO)c2ccccc2)nn1)[C@@]1(O)C(=O)N(Cc2cccc(-n3[nH]c4ccccc4c3=O)c2)c2ccc([N+](=O)[O-])cc21. The summed E-state index contributed by atoms with van der Waals surface area (Å²) in [6.45, 7) is 2.10. The second-order valence-corrected chi connectivity index (χ2v) is 12.6. The summed E-state index contributed by atoms with van der Waals surface area (Å²) in [7, 11) is 0. The molecular weight excluding hydrogens is 650 g/mol. The molecule has 2 aromatic heterocycles. The van der Waals surface area contributed by atoms with Crippen LogP contribution in [0, 0.1) is 16.0 Å². The summed E-state index contributed by atoms with van der Waals surface area (Å²) >= 11 is 0. The highest BCUT2D eigenvalue weighted by atomic mass is 16.6. The Morgan fingerprint density at radius 1 is 1.00 bits per heavy atom. The van der Waals surface area contributed by atoms with Crippen molar-refractivity contribution in [3.05, 3.63) is 158 Å². The molecule has 7 rings (SSSR count). The van der Waals surface area contributed by atoms with Crippen molar-refractivity contribution >= 4 is 28.2 Å². The number of anilines is 1. The number of nitrogens with one attached hydrogen (secondary N) is 1. The van der Waals surface area contributed by atoms with Crippen LogP contribution in [-0.2, 0) is 23.5 Å². The van der Waals surface area contributed by atoms with Gasteiger partial charge in [0, 0.05) is 36.4 Å². The Bertz CT molecular complexity index is 2330. The van der Waals surface area contributed by atoms with Gasteiger partial charge in [0.15, 0.2) is 5.60 Å². The number of non-ortho nitro benzene ring substituents is 1. The standard InChI is InChI=1S/C38H35N7O6/c1-25(10-7-8-19-42-23-34(39-41-42)31(24-46)27-12-3-2-4-13-27)38(49)32-21-29(45(50)51)17-18-35(32)43(37(38)48)22-26-11-9-14-28(20-26)44-36(47)30-15-5-6-16-33(30)40-44/h2-7,9-18,20-21,23,25,31,40,46,49H,8,19,22,24H2,1H3/b10-7+/t25-,31?,38+/m1/s1. The van der Waals surface area contributed by atoms with E-state index in [0.29, 0.717) is 46.5 Å². The van der Waals surface area contributed by atoms with Gasteiger partial charge in [-0.2, -0.15) is 0 Å². The molecule has 1 unspecified atom stereocenters. The number of carbonyl (C=O) groups is 1. The number of carbonyl (C=O) groups excluding carboxylic acids is 1. The Labute approximate surface area is 291 Å². The molecule has 4 aromatic carbocycles. The molecule has 0 saturated carbocycles. The quantitative estimate of drug-likeness (QED) is 0.0922. The van der Waals surface area contributed by atoms with E-state index in [1.807, 2.05) is 54.6 Å². The molecule has 13 nitrogen and oxygen atoms in total. The Hall–Kier alpha value is -6.18. The lowest BCUT2D eigenvalue weighted by molar-refractivity contribution is -0.385. The first-order valence-corrected chi connectivity index (χ1v) is 16.5. The zero-order valence-electron chi connectivity index (χ0n) is 27.7. The van der Waals surface area contributed by atoms with Gasteiger partial charge in [0.1, 0.15) is 0 Å². The number of H-pyrrole nitrogens is 1. The van der Waals surface area contributed by atoms with Gasteiger partial charge in [0.2, 0.25) is 0 Å². The average molecular weight is 686 g/mol. The maximum atomic E-state index is 14.2. The number of rotatable bonds is 12. The first kappa shape index (κ1) is 33.3. The summed E-state index contributed by atoms with van der Waals surface area (Å²) in [6, 6.07) is 28.0. The van der Waals surface area contributed by atoms with Crippen LogP contribution in [0.15, 0.2) is 120 Å². The molecule has 0 spiro atoms. The highest BCUT2D eigenvalue weighted by Crippen LogP contribution is 2.47. The van der Waals surface area contributed by atoms with E-state index >= 15 is 0 Å². The van der Waals surface area contributed by atoms with Crippen molar-refractivity contribution in [3.63, 3.8) is 0 Å². The van der Waals surface area contributed by atoms with Gasteiger partial charge >= 0.3 is 0 Å². The van der Waals surface area contributed by atoms with Crippen LogP contribution in [-0.4, -0.2) is 52.4 Å². The highest BCUT2D eigenvalue weighted by Gasteiger charge is 2.53. The lowest BCUT2D eigenvalue weighted by Crippen LogP contribution is -2.44. The lowest BCUT2D eigenvalue weighted by atomic mass is 9.82. The van der Waals surface area contributed by atoms with Crippen LogP contribution in [0.3, 0.4) is 0 Å². The Morgan fingerprint density at radius 3 is 2.55 bits per heavy atom. The van der Waals surface area contributed by atoms with E-state index in [1.54, 1.807) is 54.2 Å². The molecule has 1 aliphatic rings. The van der Waals surface area contributed by atoms with Crippen molar-refractivity contribution in [1.29, 1.82) is 0 Å². The molecule has 1 amide bonds. The molecule has 3 N–H and O–H groups in total. The van der Waals surface area contributed by atoms with Gasteiger partial charge in [0.05, 0.1) is 52.0 Å². The van der Waals surface area contributed by atoms with Gasteiger partial charge < -0.3 is 15.1 Å². The number of nitro benzene ring substituents is 1. The van der Waals surface area contributed by atoms with Crippen LogP contribution in [0.2, 0.25) is 0 Å². The maximum Gasteiger partial charge on any atom is 0.279 e. The molecule has 3 heterocycles. The first-order valence-electron chi connectivity index (χ1n) is 16.5. The topological polar surface area (TPSA) is 172 Å². The van der Waals surface area contributed by atoms with Crippen LogP contribution in [0.1, 0.15) is 41.6 Å². The predicted molar refractivity (Wildman–Crippen MR) is 190 cm³/mol. The fraction of sp³-hybridized carbons (Fsp3) is 0.211. The Morgan fingerprint density at radius 2 is 1.78 bits per heavy atom. The molecule has 258 valence electrons. The molecule has 3 atom stereocenters. The molecule has 0 fully saturated rings. The Balaban J connectivity index is 1.11. The van der Waals surface area contributed by atoms with Gasteiger partial charge in [-0.3, -0.25) is 29.5 Å². The number of benzene rings is 4.